The molecule has 25 heavy (non-hydrogen) atoms. The van der Waals surface area contributed by atoms with E-state index in [0.29, 0.717) is 18.6 Å². The lowest BCUT2D eigenvalue weighted by atomic mass is 9.89. The summed E-state index contributed by atoms with van der Waals surface area (Å²) in [4.78, 5) is 0. The van der Waals surface area contributed by atoms with Crippen LogP contribution in [0.5, 0.6) is 5.75 Å². The summed E-state index contributed by atoms with van der Waals surface area (Å²) in [6.07, 6.45) is 5.33. The molecule has 4 nitrogen and oxygen atoms in total. The van der Waals surface area contributed by atoms with Crippen LogP contribution in [0.1, 0.15) is 43.6 Å². The van der Waals surface area contributed by atoms with Crippen LogP contribution in [-0.2, 0) is 0 Å². The Morgan fingerprint density at radius 3 is 2.56 bits per heavy atom. The molecular formula is C21H26O4. The zero-order valence-corrected chi connectivity index (χ0v) is 14.5. The summed E-state index contributed by atoms with van der Waals surface area (Å²) in [7, 11) is 0. The van der Waals surface area contributed by atoms with Gasteiger partial charge in [-0.25, -0.2) is 0 Å². The van der Waals surface area contributed by atoms with Gasteiger partial charge in [0.05, 0.1) is 12.4 Å². The molecule has 0 aliphatic heterocycles. The van der Waals surface area contributed by atoms with Crippen LogP contribution in [0.25, 0.3) is 6.08 Å². The van der Waals surface area contributed by atoms with Crippen molar-refractivity contribution in [3.05, 3.63) is 72.2 Å². The number of phenols is 1. The first-order chi connectivity index (χ1) is 12.1. The Morgan fingerprint density at radius 1 is 1.20 bits per heavy atom. The van der Waals surface area contributed by atoms with E-state index in [2.05, 4.69) is 6.58 Å². The van der Waals surface area contributed by atoms with E-state index in [0.717, 1.165) is 17.6 Å². The maximum Gasteiger partial charge on any atom is 0.132 e. The van der Waals surface area contributed by atoms with Crippen LogP contribution in [-0.4, -0.2) is 21.4 Å². The first kappa shape index (κ1) is 19.0. The summed E-state index contributed by atoms with van der Waals surface area (Å²) in [5.74, 6) is 0.157. The highest BCUT2D eigenvalue weighted by atomic mass is 16.4. The van der Waals surface area contributed by atoms with Gasteiger partial charge in [0.2, 0.25) is 0 Å². The number of allylic oxidation sites excluding steroid dienone is 1. The smallest absolute Gasteiger partial charge is 0.132 e. The van der Waals surface area contributed by atoms with Crippen molar-refractivity contribution in [2.75, 3.05) is 0 Å². The van der Waals surface area contributed by atoms with Gasteiger partial charge >= 0.3 is 0 Å². The molecule has 1 aromatic carbocycles. The third-order valence-corrected chi connectivity index (χ3v) is 4.43. The van der Waals surface area contributed by atoms with E-state index in [4.69, 9.17) is 4.42 Å². The average molecular weight is 342 g/mol. The number of phenolic OH excluding ortho intramolecular Hbond substituents is 1. The van der Waals surface area contributed by atoms with Crippen LogP contribution in [0.3, 0.4) is 0 Å². The number of hydrogen-bond donors (Lipinski definition) is 3. The molecule has 0 aliphatic carbocycles. The van der Waals surface area contributed by atoms with Crippen molar-refractivity contribution in [3.63, 3.8) is 0 Å². The summed E-state index contributed by atoms with van der Waals surface area (Å²) >= 11 is 0. The van der Waals surface area contributed by atoms with Gasteiger partial charge < -0.3 is 19.7 Å². The maximum absolute atomic E-state index is 10.5. The minimum Gasteiger partial charge on any atom is -0.507 e. The van der Waals surface area contributed by atoms with Crippen LogP contribution in [0.15, 0.2) is 65.3 Å². The molecule has 0 saturated carbocycles. The normalized spacial score (nSPS) is 15.6. The fourth-order valence-electron chi connectivity index (χ4n) is 2.85. The minimum atomic E-state index is -0.922. The predicted octanol–water partition coefficient (Wildman–Crippen LogP) is 4.46. The number of para-hydroxylation sites is 1. The Labute approximate surface area is 148 Å². The summed E-state index contributed by atoms with van der Waals surface area (Å²) in [5.41, 5.74) is 1.89. The van der Waals surface area contributed by atoms with Gasteiger partial charge in [0, 0.05) is 11.5 Å². The standard InChI is InChI=1S/C21H26O4/c1-3-15(14-16-8-5-6-9-18(16)22)11-12-19(23)17(4-2)21(24)20-10-7-13-25-20/h4-10,13-14,17,19,21-24H,2-3,11-12H2,1H3/b15-14+/t17-,19-,21+/m1/s1. The molecule has 0 amide bonds. The van der Waals surface area contributed by atoms with Crippen molar-refractivity contribution in [3.8, 4) is 5.75 Å². The molecule has 1 aromatic heterocycles. The Hall–Kier alpha value is -2.30. The fourth-order valence-corrected chi connectivity index (χ4v) is 2.85. The van der Waals surface area contributed by atoms with Gasteiger partial charge in [0.25, 0.3) is 0 Å². The Balaban J connectivity index is 2.02. The van der Waals surface area contributed by atoms with Crippen LogP contribution in [0.2, 0.25) is 0 Å². The lowest BCUT2D eigenvalue weighted by Crippen LogP contribution is -2.25. The summed E-state index contributed by atoms with van der Waals surface area (Å²) < 4.78 is 5.22. The monoisotopic (exact) mass is 342 g/mol. The van der Waals surface area contributed by atoms with Gasteiger partial charge in [-0.05, 0) is 37.5 Å². The lowest BCUT2D eigenvalue weighted by molar-refractivity contribution is 0.0208. The van der Waals surface area contributed by atoms with E-state index in [1.807, 2.05) is 25.1 Å². The highest BCUT2D eigenvalue weighted by molar-refractivity contribution is 5.59. The Kier molecular flexibility index (Phi) is 7.04. The van der Waals surface area contributed by atoms with Crippen LogP contribution in [0.4, 0.5) is 0 Å². The molecule has 3 atom stereocenters. The second-order valence-electron chi connectivity index (χ2n) is 6.09. The van der Waals surface area contributed by atoms with E-state index >= 15 is 0 Å². The highest BCUT2D eigenvalue weighted by Gasteiger charge is 2.27. The molecular weight excluding hydrogens is 316 g/mol. The third-order valence-electron chi connectivity index (χ3n) is 4.43. The van der Waals surface area contributed by atoms with E-state index < -0.39 is 18.1 Å². The SMILES string of the molecule is C=C[C@H]([C@H](O)CC/C(=C/c1ccccc1O)CC)[C@H](O)c1ccco1. The lowest BCUT2D eigenvalue weighted by Gasteiger charge is -2.24. The number of rotatable bonds is 9. The van der Waals surface area contributed by atoms with Gasteiger partial charge in [0.1, 0.15) is 17.6 Å². The molecule has 0 unspecified atom stereocenters. The number of aromatic hydroxyl groups is 1. The quantitative estimate of drug-likeness (QED) is 0.588. The molecule has 0 aliphatic rings. The number of aliphatic hydroxyl groups is 2. The fraction of sp³-hybridized carbons (Fsp3) is 0.333. The van der Waals surface area contributed by atoms with E-state index in [1.54, 1.807) is 30.3 Å². The van der Waals surface area contributed by atoms with Crippen molar-refractivity contribution in [2.45, 2.75) is 38.4 Å². The molecule has 0 fully saturated rings. The second-order valence-corrected chi connectivity index (χ2v) is 6.09. The molecule has 4 heteroatoms. The predicted molar refractivity (Wildman–Crippen MR) is 99.0 cm³/mol. The molecule has 0 radical (unpaired) electrons. The highest BCUT2D eigenvalue weighted by Crippen LogP contribution is 2.29. The topological polar surface area (TPSA) is 73.8 Å². The molecule has 2 aromatic rings. The van der Waals surface area contributed by atoms with Crippen LogP contribution < -0.4 is 0 Å². The molecule has 0 spiro atoms. The van der Waals surface area contributed by atoms with Crippen molar-refractivity contribution >= 4 is 6.08 Å². The number of benzene rings is 1. The van der Waals surface area contributed by atoms with Crippen molar-refractivity contribution in [2.24, 2.45) is 5.92 Å². The van der Waals surface area contributed by atoms with Gasteiger partial charge in [0.15, 0.2) is 0 Å². The summed E-state index contributed by atoms with van der Waals surface area (Å²) in [6.45, 7) is 5.77. The molecule has 2 rings (SSSR count). The molecule has 134 valence electrons. The van der Waals surface area contributed by atoms with Crippen molar-refractivity contribution < 1.29 is 19.7 Å². The first-order valence-electron chi connectivity index (χ1n) is 8.56. The zero-order valence-electron chi connectivity index (χ0n) is 14.5. The first-order valence-corrected chi connectivity index (χ1v) is 8.56. The Morgan fingerprint density at radius 2 is 1.96 bits per heavy atom. The summed E-state index contributed by atoms with van der Waals surface area (Å²) in [6, 6.07) is 10.6. The van der Waals surface area contributed by atoms with E-state index in [1.165, 1.54) is 6.26 Å². The van der Waals surface area contributed by atoms with Crippen LogP contribution in [0, 0.1) is 5.92 Å². The second kappa shape index (κ2) is 9.25. The molecule has 0 saturated heterocycles. The van der Waals surface area contributed by atoms with Gasteiger partial charge in [-0.15, -0.1) is 6.58 Å². The van der Waals surface area contributed by atoms with Gasteiger partial charge in [-0.3, -0.25) is 0 Å². The minimum absolute atomic E-state index is 0.242. The largest absolute Gasteiger partial charge is 0.507 e. The molecule has 0 bridgehead atoms. The summed E-state index contributed by atoms with van der Waals surface area (Å²) in [5, 5.41) is 30.7. The zero-order chi connectivity index (χ0) is 18.2. The Bertz CT molecular complexity index is 688. The van der Waals surface area contributed by atoms with E-state index in [9.17, 15) is 15.3 Å². The number of hydrogen-bond acceptors (Lipinski definition) is 4. The van der Waals surface area contributed by atoms with Gasteiger partial charge in [-0.2, -0.15) is 0 Å². The number of furan rings is 1. The molecule has 1 heterocycles. The van der Waals surface area contributed by atoms with Crippen molar-refractivity contribution in [1.82, 2.24) is 0 Å². The maximum atomic E-state index is 10.5. The third kappa shape index (κ3) is 5.08. The van der Waals surface area contributed by atoms with Crippen molar-refractivity contribution in [1.29, 1.82) is 0 Å². The molecule has 3 N–H and O–H groups in total. The number of aliphatic hydroxyl groups excluding tert-OH is 2. The van der Waals surface area contributed by atoms with Crippen LogP contribution >= 0.6 is 0 Å². The van der Waals surface area contributed by atoms with E-state index in [-0.39, 0.29) is 5.75 Å². The van der Waals surface area contributed by atoms with Gasteiger partial charge in [-0.1, -0.05) is 42.8 Å². The average Bonchev–Trinajstić information content (AvgIpc) is 3.15.